The molecule has 0 radical (unpaired) electrons. The second-order valence-corrected chi connectivity index (χ2v) is 17.3. The average molecular weight is 823 g/mol. The Morgan fingerprint density at radius 1 is 0.270 bits per heavy atom. The molecule has 0 aliphatic rings. The van der Waals surface area contributed by atoms with Crippen molar-refractivity contribution in [3.8, 4) is 66.8 Å². The molecule has 13 rings (SSSR count). The molecule has 0 fully saturated rings. The highest BCUT2D eigenvalue weighted by molar-refractivity contribution is 7.25. The third kappa shape index (κ3) is 6.12. The molecule has 8 aromatic carbocycles. The highest BCUT2D eigenvalue weighted by Gasteiger charge is 2.14. The molecule has 0 atom stereocenters. The van der Waals surface area contributed by atoms with Gasteiger partial charge in [-0.2, -0.15) is 0 Å². The largest absolute Gasteiger partial charge is 0.454 e. The van der Waals surface area contributed by atoms with Crippen molar-refractivity contribution in [1.82, 2.24) is 9.97 Å². The van der Waals surface area contributed by atoms with Crippen LogP contribution in [0.3, 0.4) is 0 Å². The molecule has 0 amide bonds. The fraction of sp³-hybridized carbons (Fsp3) is 0. The molecule has 0 bridgehead atoms. The zero-order valence-corrected chi connectivity index (χ0v) is 34.6. The van der Waals surface area contributed by atoms with Gasteiger partial charge in [-0.15, -0.1) is 11.3 Å². The lowest BCUT2D eigenvalue weighted by Crippen LogP contribution is -1.84. The van der Waals surface area contributed by atoms with E-state index in [0.717, 1.165) is 66.4 Å². The van der Waals surface area contributed by atoms with Crippen molar-refractivity contribution < 1.29 is 8.83 Å². The summed E-state index contributed by atoms with van der Waals surface area (Å²) in [6.07, 6.45) is 3.64. The average Bonchev–Trinajstić information content (AvgIpc) is 4.04. The van der Waals surface area contributed by atoms with E-state index in [1.54, 1.807) is 0 Å². The topological polar surface area (TPSA) is 52.1 Å². The molecule has 5 aromatic heterocycles. The summed E-state index contributed by atoms with van der Waals surface area (Å²) in [4.78, 5) is 9.19. The lowest BCUT2D eigenvalue weighted by atomic mass is 9.94. The van der Waals surface area contributed by atoms with Gasteiger partial charge in [0.25, 0.3) is 0 Å². The van der Waals surface area contributed by atoms with Crippen molar-refractivity contribution in [2.75, 3.05) is 0 Å². The van der Waals surface area contributed by atoms with Gasteiger partial charge in [-0.05, 0) is 164 Å². The maximum absolute atomic E-state index is 6.05. The zero-order valence-electron chi connectivity index (χ0n) is 33.7. The van der Waals surface area contributed by atoms with Crippen molar-refractivity contribution >= 4 is 75.6 Å². The number of nitrogens with zero attached hydrogens (tertiary/aromatic N) is 2. The zero-order chi connectivity index (χ0) is 41.4. The predicted molar refractivity (Wildman–Crippen MR) is 262 cm³/mol. The Morgan fingerprint density at radius 2 is 0.587 bits per heavy atom. The number of hydrogen-bond donors (Lipinski definition) is 0. The summed E-state index contributed by atoms with van der Waals surface area (Å²) in [5.74, 6) is 0. The normalized spacial score (nSPS) is 11.8. The van der Waals surface area contributed by atoms with Crippen molar-refractivity contribution in [2.24, 2.45) is 0 Å². The number of aromatic nitrogens is 2. The highest BCUT2D eigenvalue weighted by Crippen LogP contribution is 2.41. The predicted octanol–water partition coefficient (Wildman–Crippen LogP) is 16.6. The Morgan fingerprint density at radius 3 is 0.952 bits per heavy atom. The van der Waals surface area contributed by atoms with E-state index in [1.165, 1.54) is 64.7 Å². The highest BCUT2D eigenvalue weighted by atomic mass is 32.1. The molecule has 5 heterocycles. The lowest BCUT2D eigenvalue weighted by molar-refractivity contribution is 0.668. The van der Waals surface area contributed by atoms with Crippen LogP contribution in [0.15, 0.2) is 215 Å². The summed E-state index contributed by atoms with van der Waals surface area (Å²) in [5.41, 5.74) is 19.2. The monoisotopic (exact) mass is 822 g/mol. The van der Waals surface area contributed by atoms with Gasteiger partial charge in [-0.1, -0.05) is 97.1 Å². The standard InChI is InChI=1S/C58H34N2O2S/c1-7-35(27-39(11-1)43-17-21-51-49(33-43)57-53(61-51)15-5-25-59-57)37-9-3-13-41(29-37)45-19-23-55-47(31-45)48-32-46(20-24-56(48)63-55)42-14-4-10-38(30-42)36-8-2-12-40(28-36)44-18-22-52-50(34-44)58-54(62-52)16-6-26-60-58/h1-34H. The summed E-state index contributed by atoms with van der Waals surface area (Å²) in [5, 5.41) is 4.61. The third-order valence-electron chi connectivity index (χ3n) is 12.4. The first kappa shape index (κ1) is 35.6. The number of hydrogen-bond acceptors (Lipinski definition) is 5. The van der Waals surface area contributed by atoms with Gasteiger partial charge in [0.15, 0.2) is 11.2 Å². The molecule has 0 aliphatic carbocycles. The summed E-state index contributed by atoms with van der Waals surface area (Å²) in [6.45, 7) is 0. The van der Waals surface area contributed by atoms with Gasteiger partial charge in [-0.25, -0.2) is 0 Å². The molecular weight excluding hydrogens is 789 g/mol. The van der Waals surface area contributed by atoms with Crippen LogP contribution in [0, 0.1) is 0 Å². The second kappa shape index (κ2) is 14.2. The Labute approximate surface area is 366 Å². The van der Waals surface area contributed by atoms with Crippen LogP contribution >= 0.6 is 11.3 Å². The maximum atomic E-state index is 6.05. The minimum Gasteiger partial charge on any atom is -0.454 e. The number of benzene rings is 8. The van der Waals surface area contributed by atoms with E-state index in [2.05, 4.69) is 180 Å². The van der Waals surface area contributed by atoms with Crippen LogP contribution in [-0.4, -0.2) is 9.97 Å². The summed E-state index contributed by atoms with van der Waals surface area (Å²) in [7, 11) is 0. The van der Waals surface area contributed by atoms with Crippen molar-refractivity contribution in [3.05, 3.63) is 207 Å². The fourth-order valence-corrected chi connectivity index (χ4v) is 10.3. The molecular formula is C58H34N2O2S. The lowest BCUT2D eigenvalue weighted by Gasteiger charge is -2.10. The second-order valence-electron chi connectivity index (χ2n) is 16.2. The molecule has 0 spiro atoms. The van der Waals surface area contributed by atoms with Gasteiger partial charge in [0.2, 0.25) is 0 Å². The number of pyridine rings is 2. The molecule has 0 unspecified atom stereocenters. The molecule has 0 saturated heterocycles. The molecule has 5 heteroatoms. The maximum Gasteiger partial charge on any atom is 0.153 e. The fourth-order valence-electron chi connectivity index (χ4n) is 9.20. The van der Waals surface area contributed by atoms with Crippen LogP contribution in [0.5, 0.6) is 0 Å². The number of thiophene rings is 1. The van der Waals surface area contributed by atoms with Crippen LogP contribution in [0.25, 0.3) is 131 Å². The van der Waals surface area contributed by atoms with E-state index in [4.69, 9.17) is 8.83 Å². The van der Waals surface area contributed by atoms with E-state index in [-0.39, 0.29) is 0 Å². The first-order valence-corrected chi connectivity index (χ1v) is 21.9. The summed E-state index contributed by atoms with van der Waals surface area (Å²) in [6, 6.07) is 69.7. The number of fused-ring (bicyclic) bond motifs is 9. The van der Waals surface area contributed by atoms with E-state index in [9.17, 15) is 0 Å². The SMILES string of the molecule is c1cc(-c2cccc(-c3ccc4oc5cccnc5c4c3)c2)cc(-c2ccc3sc4ccc(-c5cccc(-c6cccc(-c7ccc8oc9cccnc9c8c7)c6)c5)cc4c3c2)c1. The van der Waals surface area contributed by atoms with Crippen LogP contribution in [0.2, 0.25) is 0 Å². The van der Waals surface area contributed by atoms with Gasteiger partial charge in [0, 0.05) is 43.3 Å². The van der Waals surface area contributed by atoms with Gasteiger partial charge < -0.3 is 8.83 Å². The van der Waals surface area contributed by atoms with Crippen molar-refractivity contribution in [1.29, 1.82) is 0 Å². The molecule has 4 nitrogen and oxygen atoms in total. The van der Waals surface area contributed by atoms with Crippen molar-refractivity contribution in [2.45, 2.75) is 0 Å². The van der Waals surface area contributed by atoms with Crippen molar-refractivity contribution in [3.63, 3.8) is 0 Å². The Hall–Kier alpha value is -8.12. The number of rotatable bonds is 6. The Balaban J connectivity index is 0.813. The molecule has 0 aliphatic heterocycles. The van der Waals surface area contributed by atoms with Gasteiger partial charge in [0.05, 0.1) is 0 Å². The van der Waals surface area contributed by atoms with E-state index >= 15 is 0 Å². The molecule has 63 heavy (non-hydrogen) atoms. The van der Waals surface area contributed by atoms with Crippen LogP contribution in [-0.2, 0) is 0 Å². The first-order chi connectivity index (χ1) is 31.1. The summed E-state index contributed by atoms with van der Waals surface area (Å²) >= 11 is 1.85. The smallest absolute Gasteiger partial charge is 0.153 e. The van der Waals surface area contributed by atoms with Crippen LogP contribution in [0.4, 0.5) is 0 Å². The molecule has 0 saturated carbocycles. The van der Waals surface area contributed by atoms with Gasteiger partial charge in [-0.3, -0.25) is 9.97 Å². The Bertz CT molecular complexity index is 3690. The minimum absolute atomic E-state index is 0.807. The first-order valence-electron chi connectivity index (χ1n) is 21.1. The quantitative estimate of drug-likeness (QED) is 0.168. The number of furan rings is 2. The third-order valence-corrected chi connectivity index (χ3v) is 13.5. The van der Waals surface area contributed by atoms with Gasteiger partial charge >= 0.3 is 0 Å². The summed E-state index contributed by atoms with van der Waals surface area (Å²) < 4.78 is 14.7. The van der Waals surface area contributed by atoms with E-state index in [0.29, 0.717) is 0 Å². The molecule has 0 N–H and O–H groups in total. The van der Waals surface area contributed by atoms with Crippen LogP contribution in [0.1, 0.15) is 0 Å². The van der Waals surface area contributed by atoms with Gasteiger partial charge in [0.1, 0.15) is 22.2 Å². The minimum atomic E-state index is 0.807. The Kier molecular flexibility index (Phi) is 8.05. The molecule has 294 valence electrons. The van der Waals surface area contributed by atoms with E-state index < -0.39 is 0 Å². The van der Waals surface area contributed by atoms with E-state index in [1.807, 2.05) is 48.0 Å². The molecule has 13 aromatic rings. The van der Waals surface area contributed by atoms with Crippen LogP contribution < -0.4 is 0 Å².